The van der Waals surface area contributed by atoms with Crippen molar-refractivity contribution in [1.82, 2.24) is 14.8 Å². The van der Waals surface area contributed by atoms with Crippen molar-refractivity contribution in [2.24, 2.45) is 0 Å². The molecule has 2 N–H and O–H groups in total. The monoisotopic (exact) mass is 509 g/mol. The fourth-order valence-corrected chi connectivity index (χ4v) is 4.50. The van der Waals surface area contributed by atoms with Crippen LogP contribution in [-0.4, -0.2) is 46.2 Å². The van der Waals surface area contributed by atoms with Crippen molar-refractivity contribution in [3.8, 4) is 11.5 Å². The average molecular weight is 509 g/mol. The van der Waals surface area contributed by atoms with Crippen LogP contribution in [0.1, 0.15) is 52.0 Å². The number of halogens is 3. The molecule has 5 rings (SSSR count). The summed E-state index contributed by atoms with van der Waals surface area (Å²) >= 11 is 0.978. The van der Waals surface area contributed by atoms with Crippen LogP contribution in [0.5, 0.6) is 11.5 Å². The molecule has 2 aliphatic rings. The summed E-state index contributed by atoms with van der Waals surface area (Å²) in [5.41, 5.74) is 0.360. The first kappa shape index (κ1) is 23.0. The number of esters is 1. The van der Waals surface area contributed by atoms with Crippen molar-refractivity contribution >= 4 is 34.2 Å². The molecular weight excluding hydrogens is 491 g/mol. The lowest BCUT2D eigenvalue weighted by molar-refractivity contribution is -0.173. The Labute approximate surface area is 200 Å². The number of amides is 1. The molecule has 4 heterocycles. The minimum atomic E-state index is -4.60. The lowest BCUT2D eigenvalue weighted by atomic mass is 9.96. The maximum Gasteiger partial charge on any atom is 0.410 e. The molecule has 0 radical (unpaired) electrons. The molecule has 0 saturated heterocycles. The van der Waals surface area contributed by atoms with E-state index in [1.165, 1.54) is 11.4 Å². The van der Waals surface area contributed by atoms with Gasteiger partial charge in [-0.1, -0.05) is 6.07 Å². The third-order valence-corrected chi connectivity index (χ3v) is 6.19. The van der Waals surface area contributed by atoms with E-state index < -0.39 is 30.1 Å². The number of benzene rings is 1. The molecule has 0 bridgehead atoms. The van der Waals surface area contributed by atoms with Gasteiger partial charge < -0.3 is 19.5 Å². The topological polar surface area (TPSA) is 117 Å². The summed E-state index contributed by atoms with van der Waals surface area (Å²) in [5, 5.41) is 10.9. The molecule has 0 aliphatic carbocycles. The Morgan fingerprint density at radius 1 is 1.26 bits per heavy atom. The standard InChI is InChI=1S/C21H18F3N5O5S/c1-2-32-19(31)13-8-35-20(26-13)27-18(30)12-7-17-25-11(6-16(21(22,23)24)29(17)28-12)10-3-4-14-15(5-10)34-9-33-14/h3-5,7-8,11,16,25H,2,6,9H2,1H3,(H,26,27,30)/t11-,16-/m0/s1. The summed E-state index contributed by atoms with van der Waals surface area (Å²) < 4.78 is 58.0. The van der Waals surface area contributed by atoms with Gasteiger partial charge in [0.15, 0.2) is 34.1 Å². The molecule has 0 saturated carbocycles. The number of nitrogens with zero attached hydrogens (tertiary/aromatic N) is 3. The predicted molar refractivity (Wildman–Crippen MR) is 117 cm³/mol. The minimum Gasteiger partial charge on any atom is -0.461 e. The summed E-state index contributed by atoms with van der Waals surface area (Å²) in [6, 6.07) is 3.53. The number of hydrogen-bond acceptors (Lipinski definition) is 9. The van der Waals surface area contributed by atoms with E-state index in [2.05, 4.69) is 20.7 Å². The van der Waals surface area contributed by atoms with Gasteiger partial charge in [0, 0.05) is 17.9 Å². The first-order valence-electron chi connectivity index (χ1n) is 10.5. The maximum atomic E-state index is 13.9. The van der Waals surface area contributed by atoms with Crippen molar-refractivity contribution in [1.29, 1.82) is 0 Å². The van der Waals surface area contributed by atoms with E-state index in [1.54, 1.807) is 25.1 Å². The number of ether oxygens (including phenoxy) is 3. The maximum absolute atomic E-state index is 13.9. The number of aromatic nitrogens is 3. The molecule has 0 unspecified atom stereocenters. The second kappa shape index (κ2) is 8.76. The van der Waals surface area contributed by atoms with E-state index in [1.807, 2.05) is 0 Å². The van der Waals surface area contributed by atoms with Crippen LogP contribution in [-0.2, 0) is 4.74 Å². The van der Waals surface area contributed by atoms with Gasteiger partial charge in [0.2, 0.25) is 6.79 Å². The predicted octanol–water partition coefficient (Wildman–Crippen LogP) is 4.16. The van der Waals surface area contributed by atoms with Crippen molar-refractivity contribution in [2.45, 2.75) is 31.6 Å². The van der Waals surface area contributed by atoms with Crippen LogP contribution in [0.4, 0.5) is 24.1 Å². The fourth-order valence-electron chi connectivity index (χ4n) is 3.82. The number of thiazole rings is 1. The Morgan fingerprint density at radius 2 is 2.06 bits per heavy atom. The summed E-state index contributed by atoms with van der Waals surface area (Å²) in [6.07, 6.45) is -4.94. The molecule has 184 valence electrons. The van der Waals surface area contributed by atoms with Gasteiger partial charge in [-0.15, -0.1) is 11.3 Å². The molecule has 2 aromatic heterocycles. The molecule has 1 amide bonds. The third-order valence-electron chi connectivity index (χ3n) is 5.43. The van der Waals surface area contributed by atoms with Crippen molar-refractivity contribution in [3.63, 3.8) is 0 Å². The highest BCUT2D eigenvalue weighted by Crippen LogP contribution is 2.45. The number of anilines is 2. The van der Waals surface area contributed by atoms with Crippen LogP contribution in [0.2, 0.25) is 0 Å². The normalized spacial score (nSPS) is 18.5. The SMILES string of the molecule is CCOC(=O)c1csc(NC(=O)c2cc3n(n2)[C@H](C(F)(F)F)C[C@@H](c2ccc4c(c2)OCO4)N3)n1. The van der Waals surface area contributed by atoms with Gasteiger partial charge in [-0.3, -0.25) is 10.1 Å². The number of fused-ring (bicyclic) bond motifs is 2. The molecule has 0 spiro atoms. The van der Waals surface area contributed by atoms with Crippen molar-refractivity contribution in [2.75, 3.05) is 24.0 Å². The van der Waals surface area contributed by atoms with Crippen LogP contribution in [0.3, 0.4) is 0 Å². The Kier molecular flexibility index (Phi) is 5.75. The third kappa shape index (κ3) is 4.48. The van der Waals surface area contributed by atoms with Gasteiger partial charge in [0.25, 0.3) is 5.91 Å². The van der Waals surface area contributed by atoms with E-state index in [-0.39, 0.29) is 42.2 Å². The molecule has 2 atom stereocenters. The molecular formula is C21H18F3N5O5S. The average Bonchev–Trinajstić information content (AvgIpc) is 3.56. The molecule has 10 nitrogen and oxygen atoms in total. The van der Waals surface area contributed by atoms with Crippen LogP contribution >= 0.6 is 11.3 Å². The van der Waals surface area contributed by atoms with E-state index in [9.17, 15) is 22.8 Å². The molecule has 14 heteroatoms. The van der Waals surface area contributed by atoms with Gasteiger partial charge in [0.1, 0.15) is 5.82 Å². The van der Waals surface area contributed by atoms with Gasteiger partial charge in [0.05, 0.1) is 12.6 Å². The number of alkyl halides is 3. The number of carbonyl (C=O) groups is 2. The van der Waals surface area contributed by atoms with Gasteiger partial charge in [-0.2, -0.15) is 18.3 Å². The van der Waals surface area contributed by atoms with Crippen molar-refractivity contribution < 1.29 is 37.0 Å². The van der Waals surface area contributed by atoms with Gasteiger partial charge in [-0.25, -0.2) is 14.5 Å². The smallest absolute Gasteiger partial charge is 0.410 e. The molecule has 35 heavy (non-hydrogen) atoms. The van der Waals surface area contributed by atoms with Gasteiger partial charge >= 0.3 is 12.1 Å². The molecule has 2 aliphatic heterocycles. The Balaban J connectivity index is 1.39. The quantitative estimate of drug-likeness (QED) is 0.493. The minimum absolute atomic E-state index is 0.0154. The van der Waals surface area contributed by atoms with Crippen LogP contribution in [0, 0.1) is 0 Å². The summed E-state index contributed by atoms with van der Waals surface area (Å²) in [7, 11) is 0. The zero-order valence-electron chi connectivity index (χ0n) is 18.1. The first-order valence-corrected chi connectivity index (χ1v) is 11.4. The second-order valence-electron chi connectivity index (χ2n) is 7.67. The summed E-state index contributed by atoms with van der Waals surface area (Å²) in [4.78, 5) is 28.4. The van der Waals surface area contributed by atoms with E-state index in [4.69, 9.17) is 14.2 Å². The largest absolute Gasteiger partial charge is 0.461 e. The van der Waals surface area contributed by atoms with E-state index in [0.29, 0.717) is 17.1 Å². The zero-order valence-corrected chi connectivity index (χ0v) is 18.9. The van der Waals surface area contributed by atoms with Crippen molar-refractivity contribution in [3.05, 3.63) is 46.6 Å². The van der Waals surface area contributed by atoms with E-state index in [0.717, 1.165) is 16.0 Å². The highest BCUT2D eigenvalue weighted by atomic mass is 32.1. The van der Waals surface area contributed by atoms with Crippen LogP contribution in [0.15, 0.2) is 29.6 Å². The highest BCUT2D eigenvalue weighted by Gasteiger charge is 2.47. The molecule has 3 aromatic rings. The molecule has 1 aromatic carbocycles. The lowest BCUT2D eigenvalue weighted by Crippen LogP contribution is -2.35. The fraction of sp³-hybridized carbons (Fsp3) is 0.333. The van der Waals surface area contributed by atoms with E-state index >= 15 is 0 Å². The van der Waals surface area contributed by atoms with Gasteiger partial charge in [-0.05, 0) is 24.6 Å². The Bertz CT molecular complexity index is 1290. The number of rotatable bonds is 5. The number of carbonyl (C=O) groups excluding carboxylic acids is 2. The number of hydrogen-bond donors (Lipinski definition) is 2. The van der Waals surface area contributed by atoms with Crippen LogP contribution < -0.4 is 20.1 Å². The number of nitrogens with one attached hydrogen (secondary N) is 2. The first-order chi connectivity index (χ1) is 16.7. The zero-order chi connectivity index (χ0) is 24.7. The molecule has 0 fully saturated rings. The Hall–Kier alpha value is -3.81. The highest BCUT2D eigenvalue weighted by molar-refractivity contribution is 7.14. The lowest BCUT2D eigenvalue weighted by Gasteiger charge is -2.33. The summed E-state index contributed by atoms with van der Waals surface area (Å²) in [6.45, 7) is 1.86. The second-order valence-corrected chi connectivity index (χ2v) is 8.53. The van der Waals surface area contributed by atoms with Crippen LogP contribution in [0.25, 0.3) is 0 Å². The summed E-state index contributed by atoms with van der Waals surface area (Å²) in [5.74, 6) is -0.392. The Morgan fingerprint density at radius 3 is 2.83 bits per heavy atom.